The summed E-state index contributed by atoms with van der Waals surface area (Å²) in [6.07, 6.45) is 6.74. The molecule has 1 aliphatic heterocycles. The molecule has 1 aliphatic carbocycles. The van der Waals surface area contributed by atoms with Crippen molar-refractivity contribution in [3.05, 3.63) is 0 Å². The minimum absolute atomic E-state index is 0.0170. The van der Waals surface area contributed by atoms with Gasteiger partial charge in [-0.1, -0.05) is 33.1 Å². The van der Waals surface area contributed by atoms with Gasteiger partial charge in [0.15, 0.2) is 0 Å². The monoisotopic (exact) mass is 252 g/mol. The van der Waals surface area contributed by atoms with E-state index in [2.05, 4.69) is 19.2 Å². The Morgan fingerprint density at radius 1 is 1.17 bits per heavy atom. The predicted molar refractivity (Wildman–Crippen MR) is 70.0 cm³/mol. The fourth-order valence-corrected chi connectivity index (χ4v) is 3.38. The summed E-state index contributed by atoms with van der Waals surface area (Å²) in [5, 5.41) is 2.98. The first-order chi connectivity index (χ1) is 8.63. The molecule has 0 atom stereocenters. The number of rotatable bonds is 3. The van der Waals surface area contributed by atoms with Crippen LogP contribution in [0.5, 0.6) is 0 Å². The van der Waals surface area contributed by atoms with Crippen LogP contribution in [0, 0.1) is 0 Å². The molecule has 2 aliphatic rings. The van der Waals surface area contributed by atoms with Crippen LogP contribution in [0.3, 0.4) is 0 Å². The molecule has 0 radical (unpaired) electrons. The zero-order chi connectivity index (χ0) is 13.2. The molecular weight excluding hydrogens is 228 g/mol. The van der Waals surface area contributed by atoms with Crippen molar-refractivity contribution < 1.29 is 9.59 Å². The van der Waals surface area contributed by atoms with Crippen LogP contribution in [0.15, 0.2) is 0 Å². The van der Waals surface area contributed by atoms with Crippen molar-refractivity contribution in [2.75, 3.05) is 6.54 Å². The third-order valence-electron chi connectivity index (χ3n) is 4.45. The summed E-state index contributed by atoms with van der Waals surface area (Å²) < 4.78 is 0. The second kappa shape index (κ2) is 5.29. The zero-order valence-corrected chi connectivity index (χ0v) is 11.5. The van der Waals surface area contributed by atoms with E-state index >= 15 is 0 Å². The maximum Gasteiger partial charge on any atom is 0.249 e. The predicted octanol–water partition coefficient (Wildman–Crippen LogP) is 1.84. The molecule has 0 aromatic heterocycles. The van der Waals surface area contributed by atoms with E-state index in [1.807, 2.05) is 4.90 Å². The maximum absolute atomic E-state index is 12.7. The lowest BCUT2D eigenvalue weighted by Crippen LogP contribution is -2.68. The Morgan fingerprint density at radius 3 is 2.33 bits per heavy atom. The molecular formula is C14H24N2O2. The number of hydrogen-bond acceptors (Lipinski definition) is 2. The van der Waals surface area contributed by atoms with Crippen molar-refractivity contribution >= 4 is 11.8 Å². The molecule has 0 aromatic carbocycles. The van der Waals surface area contributed by atoms with Crippen LogP contribution < -0.4 is 5.32 Å². The lowest BCUT2D eigenvalue weighted by molar-refractivity contribution is -0.154. The van der Waals surface area contributed by atoms with E-state index in [9.17, 15) is 9.59 Å². The van der Waals surface area contributed by atoms with Gasteiger partial charge in [0.25, 0.3) is 0 Å². The first kappa shape index (κ1) is 13.4. The van der Waals surface area contributed by atoms with Crippen molar-refractivity contribution in [2.45, 2.75) is 70.4 Å². The van der Waals surface area contributed by atoms with Crippen LogP contribution in [-0.2, 0) is 9.59 Å². The summed E-state index contributed by atoms with van der Waals surface area (Å²) >= 11 is 0. The van der Waals surface area contributed by atoms with Gasteiger partial charge in [-0.2, -0.15) is 0 Å². The molecule has 2 amide bonds. The summed E-state index contributed by atoms with van der Waals surface area (Å²) in [6.45, 7) is 4.41. The van der Waals surface area contributed by atoms with E-state index in [0.29, 0.717) is 0 Å². The third kappa shape index (κ3) is 2.25. The number of hydrogen-bond donors (Lipinski definition) is 1. The first-order valence-electron chi connectivity index (χ1n) is 7.25. The zero-order valence-electron chi connectivity index (χ0n) is 11.5. The van der Waals surface area contributed by atoms with Crippen LogP contribution in [0.4, 0.5) is 0 Å². The van der Waals surface area contributed by atoms with Crippen LogP contribution in [-0.4, -0.2) is 34.8 Å². The molecule has 0 bridgehead atoms. The van der Waals surface area contributed by atoms with Gasteiger partial charge in [-0.05, 0) is 25.7 Å². The second-order valence-corrected chi connectivity index (χ2v) is 5.59. The van der Waals surface area contributed by atoms with Gasteiger partial charge in [0.1, 0.15) is 5.54 Å². The molecule has 102 valence electrons. The summed E-state index contributed by atoms with van der Waals surface area (Å²) in [5.74, 6) is 0.180. The Balaban J connectivity index is 2.22. The average molecular weight is 252 g/mol. The van der Waals surface area contributed by atoms with Gasteiger partial charge in [-0.15, -0.1) is 0 Å². The van der Waals surface area contributed by atoms with E-state index in [4.69, 9.17) is 0 Å². The fraction of sp³-hybridized carbons (Fsp3) is 0.857. The van der Waals surface area contributed by atoms with Gasteiger partial charge >= 0.3 is 0 Å². The minimum atomic E-state index is -0.573. The van der Waals surface area contributed by atoms with Crippen LogP contribution in [0.25, 0.3) is 0 Å². The molecule has 4 heteroatoms. The van der Waals surface area contributed by atoms with Crippen LogP contribution in [0.1, 0.15) is 58.8 Å². The van der Waals surface area contributed by atoms with Crippen LogP contribution in [0.2, 0.25) is 0 Å². The van der Waals surface area contributed by atoms with Crippen LogP contribution >= 0.6 is 0 Å². The molecule has 1 N–H and O–H groups in total. The molecule has 2 fully saturated rings. The third-order valence-corrected chi connectivity index (χ3v) is 4.45. The van der Waals surface area contributed by atoms with Crippen molar-refractivity contribution in [2.24, 2.45) is 0 Å². The average Bonchev–Trinajstić information content (AvgIpc) is 2.37. The number of amides is 2. The van der Waals surface area contributed by atoms with E-state index < -0.39 is 5.54 Å². The van der Waals surface area contributed by atoms with Gasteiger partial charge < -0.3 is 10.2 Å². The molecule has 1 spiro atoms. The number of carbonyl (C=O) groups is 2. The van der Waals surface area contributed by atoms with Crippen molar-refractivity contribution in [1.82, 2.24) is 10.2 Å². The molecule has 2 rings (SSSR count). The highest BCUT2D eigenvalue weighted by molar-refractivity contribution is 5.98. The highest BCUT2D eigenvalue weighted by Crippen LogP contribution is 2.33. The highest BCUT2D eigenvalue weighted by atomic mass is 16.2. The Morgan fingerprint density at radius 2 is 1.78 bits per heavy atom. The molecule has 0 aromatic rings. The van der Waals surface area contributed by atoms with E-state index in [1.54, 1.807) is 0 Å². The molecule has 1 saturated heterocycles. The molecule has 0 unspecified atom stereocenters. The lowest BCUT2D eigenvalue weighted by atomic mass is 9.79. The van der Waals surface area contributed by atoms with Gasteiger partial charge in [0.2, 0.25) is 11.8 Å². The standard InChI is InChI=1S/C14H24N2O2/c1-3-11(4-2)16-10-12(17)15-14(13(16)18)8-6-5-7-9-14/h11H,3-10H2,1-2H3,(H,15,17). The Hall–Kier alpha value is -1.06. The first-order valence-corrected chi connectivity index (χ1v) is 7.25. The Bertz CT molecular complexity index is 331. The molecule has 1 saturated carbocycles. The minimum Gasteiger partial charge on any atom is -0.340 e. The molecule has 1 heterocycles. The number of nitrogens with zero attached hydrogens (tertiary/aromatic N) is 1. The highest BCUT2D eigenvalue weighted by Gasteiger charge is 2.48. The summed E-state index contributed by atoms with van der Waals surface area (Å²) in [7, 11) is 0. The van der Waals surface area contributed by atoms with E-state index in [0.717, 1.165) is 38.5 Å². The molecule has 18 heavy (non-hydrogen) atoms. The number of nitrogens with one attached hydrogen (secondary N) is 1. The van der Waals surface area contributed by atoms with Gasteiger partial charge in [0.05, 0.1) is 6.54 Å². The summed E-state index contributed by atoms with van der Waals surface area (Å²) in [4.78, 5) is 26.5. The number of piperazine rings is 1. The normalized spacial score (nSPS) is 23.6. The SMILES string of the molecule is CCC(CC)N1CC(=O)NC2(CCCCC2)C1=O. The van der Waals surface area contributed by atoms with Gasteiger partial charge in [-0.3, -0.25) is 9.59 Å². The fourth-order valence-electron chi connectivity index (χ4n) is 3.38. The Kier molecular flexibility index (Phi) is 3.93. The quantitative estimate of drug-likeness (QED) is 0.833. The van der Waals surface area contributed by atoms with Crippen molar-refractivity contribution in [1.29, 1.82) is 0 Å². The smallest absolute Gasteiger partial charge is 0.249 e. The molecule has 4 nitrogen and oxygen atoms in total. The number of carbonyl (C=O) groups excluding carboxylic acids is 2. The second-order valence-electron chi connectivity index (χ2n) is 5.59. The summed E-state index contributed by atoms with van der Waals surface area (Å²) in [5.41, 5.74) is -0.573. The van der Waals surface area contributed by atoms with Gasteiger partial charge in [-0.25, -0.2) is 0 Å². The van der Waals surface area contributed by atoms with Crippen molar-refractivity contribution in [3.63, 3.8) is 0 Å². The topological polar surface area (TPSA) is 49.4 Å². The maximum atomic E-state index is 12.7. The summed E-state index contributed by atoms with van der Waals surface area (Å²) in [6, 6.07) is 0.211. The van der Waals surface area contributed by atoms with Crippen molar-refractivity contribution in [3.8, 4) is 0 Å². The largest absolute Gasteiger partial charge is 0.340 e. The van der Waals surface area contributed by atoms with Gasteiger partial charge in [0, 0.05) is 6.04 Å². The lowest BCUT2D eigenvalue weighted by Gasteiger charge is -2.46. The Labute approximate surface area is 109 Å². The van der Waals surface area contributed by atoms with E-state index in [1.165, 1.54) is 6.42 Å². The van der Waals surface area contributed by atoms with E-state index in [-0.39, 0.29) is 24.4 Å².